The molecule has 3 rings (SSSR count). The van der Waals surface area contributed by atoms with Crippen LogP contribution in [-0.4, -0.2) is 12.3 Å². The minimum atomic E-state index is -5.84. The molecule has 145 valence electrons. The van der Waals surface area contributed by atoms with Crippen LogP contribution in [0.4, 0.5) is 22.0 Å². The highest BCUT2D eigenvalue weighted by atomic mass is 19.4. The Hall–Kier alpha value is -3.29. The van der Waals surface area contributed by atoms with Gasteiger partial charge < -0.3 is 9.47 Å². The van der Waals surface area contributed by atoms with Gasteiger partial charge in [-0.25, -0.2) is 0 Å². The predicted molar refractivity (Wildman–Crippen MR) is 90.2 cm³/mol. The Balaban J connectivity index is 1.87. The highest BCUT2D eigenvalue weighted by Gasteiger charge is 2.61. The Labute approximate surface area is 156 Å². The van der Waals surface area contributed by atoms with Crippen LogP contribution in [0, 0.1) is 0 Å². The van der Waals surface area contributed by atoms with Crippen molar-refractivity contribution in [3.63, 3.8) is 0 Å². The summed E-state index contributed by atoms with van der Waals surface area (Å²) >= 11 is 0. The van der Waals surface area contributed by atoms with E-state index in [0.29, 0.717) is 16.9 Å². The van der Waals surface area contributed by atoms with Crippen molar-refractivity contribution < 1.29 is 36.5 Å². The highest BCUT2D eigenvalue weighted by Crippen LogP contribution is 2.39. The standard InChI is InChI=1S/C20H12F5O3/c21-19(22,23)20(24,25)28-16-5-3-4-15(12-16)27-18-7-2-1-6-17(18)13-8-10-14(26)11-9-13/h1-12H. The quantitative estimate of drug-likeness (QED) is 0.445. The van der Waals surface area contributed by atoms with E-state index in [4.69, 9.17) is 4.74 Å². The number of halogens is 5. The average molecular weight is 395 g/mol. The van der Waals surface area contributed by atoms with E-state index < -0.39 is 18.0 Å². The second-order valence-corrected chi connectivity index (χ2v) is 5.71. The molecule has 0 bridgehead atoms. The van der Waals surface area contributed by atoms with Crippen LogP contribution in [0.5, 0.6) is 23.0 Å². The lowest BCUT2D eigenvalue weighted by atomic mass is 10.0. The van der Waals surface area contributed by atoms with Crippen LogP contribution in [0.2, 0.25) is 0 Å². The molecule has 0 aromatic heterocycles. The summed E-state index contributed by atoms with van der Waals surface area (Å²) in [4.78, 5) is 0. The summed E-state index contributed by atoms with van der Waals surface area (Å²) in [5.74, 6) is -0.546. The zero-order chi connectivity index (χ0) is 20.4. The summed E-state index contributed by atoms with van der Waals surface area (Å²) in [5, 5.41) is 11.3. The molecule has 0 heterocycles. The van der Waals surface area contributed by atoms with Gasteiger partial charge in [-0.3, -0.25) is 5.11 Å². The van der Waals surface area contributed by atoms with E-state index >= 15 is 0 Å². The van der Waals surface area contributed by atoms with Crippen LogP contribution in [-0.2, 0) is 5.11 Å². The third-order valence-corrected chi connectivity index (χ3v) is 3.66. The van der Waals surface area contributed by atoms with Crippen LogP contribution in [0.25, 0.3) is 11.1 Å². The molecular weight excluding hydrogens is 383 g/mol. The topological polar surface area (TPSA) is 38.4 Å². The fourth-order valence-corrected chi connectivity index (χ4v) is 2.36. The molecule has 0 amide bonds. The lowest BCUT2D eigenvalue weighted by Gasteiger charge is -2.20. The van der Waals surface area contributed by atoms with Gasteiger partial charge in [-0.1, -0.05) is 36.4 Å². The molecule has 3 aromatic carbocycles. The fourth-order valence-electron chi connectivity index (χ4n) is 2.36. The first-order valence-electron chi connectivity index (χ1n) is 7.94. The zero-order valence-corrected chi connectivity index (χ0v) is 14.0. The third-order valence-electron chi connectivity index (χ3n) is 3.66. The highest BCUT2D eigenvalue weighted by molar-refractivity contribution is 5.71. The molecule has 8 heteroatoms. The number of ether oxygens (including phenoxy) is 2. The van der Waals surface area contributed by atoms with Crippen molar-refractivity contribution >= 4 is 0 Å². The van der Waals surface area contributed by atoms with Gasteiger partial charge in [-0.15, -0.1) is 0 Å². The van der Waals surface area contributed by atoms with Crippen LogP contribution in [0.15, 0.2) is 72.8 Å². The normalized spacial score (nSPS) is 11.9. The summed E-state index contributed by atoms with van der Waals surface area (Å²) in [6.45, 7) is 0. The smallest absolute Gasteiger partial charge is 0.457 e. The van der Waals surface area contributed by atoms with Crippen molar-refractivity contribution in [2.45, 2.75) is 12.3 Å². The van der Waals surface area contributed by atoms with Crippen molar-refractivity contribution in [1.82, 2.24) is 0 Å². The van der Waals surface area contributed by atoms with Gasteiger partial charge in [0.2, 0.25) is 0 Å². The monoisotopic (exact) mass is 395 g/mol. The van der Waals surface area contributed by atoms with E-state index in [1.54, 1.807) is 36.4 Å². The lowest BCUT2D eigenvalue weighted by Crippen LogP contribution is -2.41. The first kappa shape index (κ1) is 19.5. The predicted octanol–water partition coefficient (Wildman–Crippen LogP) is 6.82. The number of rotatable bonds is 5. The number of alkyl halides is 5. The second-order valence-electron chi connectivity index (χ2n) is 5.71. The van der Waals surface area contributed by atoms with Gasteiger partial charge in [0, 0.05) is 11.6 Å². The molecule has 28 heavy (non-hydrogen) atoms. The van der Waals surface area contributed by atoms with E-state index in [0.717, 1.165) is 12.1 Å². The van der Waals surface area contributed by atoms with Crippen LogP contribution in [0.1, 0.15) is 0 Å². The molecule has 0 saturated carbocycles. The van der Waals surface area contributed by atoms with Crippen molar-refractivity contribution in [2.75, 3.05) is 0 Å². The molecule has 0 spiro atoms. The van der Waals surface area contributed by atoms with Crippen LogP contribution < -0.4 is 9.47 Å². The maximum absolute atomic E-state index is 13.1. The zero-order valence-electron chi connectivity index (χ0n) is 14.0. The minimum absolute atomic E-state index is 0.00312. The third kappa shape index (κ3) is 4.33. The summed E-state index contributed by atoms with van der Waals surface area (Å²) in [7, 11) is 0. The maximum atomic E-state index is 13.1. The Morgan fingerprint density at radius 1 is 0.714 bits per heavy atom. The molecule has 3 nitrogen and oxygen atoms in total. The van der Waals surface area contributed by atoms with Gasteiger partial charge in [-0.05, 0) is 35.9 Å². The number of hydrogen-bond donors (Lipinski definition) is 0. The average Bonchev–Trinajstić information content (AvgIpc) is 2.62. The first-order valence-corrected chi connectivity index (χ1v) is 7.94. The van der Waals surface area contributed by atoms with Crippen LogP contribution in [0.3, 0.4) is 0 Å². The van der Waals surface area contributed by atoms with Gasteiger partial charge >= 0.3 is 12.3 Å². The number of para-hydroxylation sites is 1. The first-order chi connectivity index (χ1) is 13.2. The van der Waals surface area contributed by atoms with Crippen LogP contribution >= 0.6 is 0 Å². The summed E-state index contributed by atoms with van der Waals surface area (Å²) in [6, 6.07) is 17.1. The summed E-state index contributed by atoms with van der Waals surface area (Å²) in [6.07, 6.45) is -11.2. The Morgan fingerprint density at radius 3 is 2.04 bits per heavy atom. The van der Waals surface area contributed by atoms with E-state index in [9.17, 15) is 27.1 Å². The Kier molecular flexibility index (Phi) is 5.13. The molecule has 0 saturated heterocycles. The summed E-state index contributed by atoms with van der Waals surface area (Å²) < 4.78 is 72.5. The van der Waals surface area contributed by atoms with Crippen molar-refractivity contribution in [3.8, 4) is 34.1 Å². The SMILES string of the molecule is [O]c1ccc(-c2ccccc2Oc2cccc(OC(F)(F)C(F)(F)F)c2)cc1. The van der Waals surface area contributed by atoms with E-state index in [-0.39, 0.29) is 11.5 Å². The Bertz CT molecular complexity index is 953. The van der Waals surface area contributed by atoms with Gasteiger partial charge in [0.15, 0.2) is 5.75 Å². The molecule has 1 radical (unpaired) electrons. The van der Waals surface area contributed by atoms with Crippen molar-refractivity contribution in [2.24, 2.45) is 0 Å². The lowest BCUT2D eigenvalue weighted by molar-refractivity contribution is -0.360. The molecule has 0 N–H and O–H groups in total. The van der Waals surface area contributed by atoms with Gasteiger partial charge in [0.05, 0.1) is 0 Å². The second kappa shape index (κ2) is 7.38. The maximum Gasteiger partial charge on any atom is 0.499 e. The van der Waals surface area contributed by atoms with Crippen molar-refractivity contribution in [1.29, 1.82) is 0 Å². The van der Waals surface area contributed by atoms with E-state index in [1.807, 2.05) is 0 Å². The Morgan fingerprint density at radius 2 is 1.36 bits per heavy atom. The van der Waals surface area contributed by atoms with Crippen molar-refractivity contribution in [3.05, 3.63) is 72.8 Å². The molecule has 0 atom stereocenters. The molecule has 3 aromatic rings. The molecular formula is C20H12F5O3. The molecule has 0 aliphatic rings. The minimum Gasteiger partial charge on any atom is -0.457 e. The van der Waals surface area contributed by atoms with Gasteiger partial charge in [0.1, 0.15) is 17.2 Å². The number of benzene rings is 3. The largest absolute Gasteiger partial charge is 0.499 e. The number of hydrogen-bond acceptors (Lipinski definition) is 2. The molecule has 0 aliphatic carbocycles. The summed E-state index contributed by atoms with van der Waals surface area (Å²) in [5.41, 5.74) is 1.28. The van der Waals surface area contributed by atoms with Gasteiger partial charge in [-0.2, -0.15) is 22.0 Å². The molecule has 0 unspecified atom stereocenters. The van der Waals surface area contributed by atoms with E-state index in [1.165, 1.54) is 24.3 Å². The molecule has 0 aliphatic heterocycles. The van der Waals surface area contributed by atoms with Gasteiger partial charge in [0.25, 0.3) is 0 Å². The fraction of sp³-hybridized carbons (Fsp3) is 0.100. The molecule has 0 fully saturated rings. The van der Waals surface area contributed by atoms with E-state index in [2.05, 4.69) is 4.74 Å².